The van der Waals surface area contributed by atoms with Crippen LogP contribution >= 0.6 is 22.9 Å². The third-order valence-electron chi connectivity index (χ3n) is 3.94. The number of anilines is 1. The van der Waals surface area contributed by atoms with Crippen molar-refractivity contribution in [2.24, 2.45) is 4.99 Å². The molecule has 1 aliphatic heterocycles. The van der Waals surface area contributed by atoms with Crippen molar-refractivity contribution >= 4 is 49.6 Å². The standard InChI is InChI=1S/C18H12ClN3O4S2/c19-11-6-7-13-12(8-11)14(16(23)20-13)15-17(24)21-18(27-15)22-28(25,26)9-10-4-2-1-3-5-10/h1-8,24H,9H2,(H,21,22). The van der Waals surface area contributed by atoms with Gasteiger partial charge in [-0.05, 0) is 23.8 Å². The van der Waals surface area contributed by atoms with Crippen molar-refractivity contribution in [3.05, 3.63) is 74.6 Å². The first-order valence-corrected chi connectivity index (χ1v) is 10.8. The normalized spacial score (nSPS) is 13.3. The zero-order valence-corrected chi connectivity index (χ0v) is 16.5. The fourth-order valence-electron chi connectivity index (χ4n) is 2.79. The smallest absolute Gasteiger partial charge is 0.279 e. The Hall–Kier alpha value is -2.75. The molecule has 0 aliphatic carbocycles. The van der Waals surface area contributed by atoms with E-state index in [4.69, 9.17) is 11.6 Å². The molecule has 0 saturated heterocycles. The Kier molecular flexibility index (Phi) is 4.66. The molecule has 0 fully saturated rings. The molecular weight excluding hydrogens is 422 g/mol. The molecule has 10 heteroatoms. The van der Waals surface area contributed by atoms with Gasteiger partial charge >= 0.3 is 0 Å². The van der Waals surface area contributed by atoms with E-state index in [1.165, 1.54) is 0 Å². The molecule has 0 saturated carbocycles. The van der Waals surface area contributed by atoms with E-state index in [0.717, 1.165) is 11.3 Å². The third-order valence-corrected chi connectivity index (χ3v) is 6.50. The number of carbonyl (C=O) groups excluding carboxylic acids is 1. The number of nitrogens with zero attached hydrogens (tertiary/aromatic N) is 2. The predicted octanol–water partition coefficient (Wildman–Crippen LogP) is 1.80. The summed E-state index contributed by atoms with van der Waals surface area (Å²) in [6, 6.07) is 13.4. The lowest BCUT2D eigenvalue weighted by atomic mass is 10.1. The van der Waals surface area contributed by atoms with Gasteiger partial charge in [-0.1, -0.05) is 53.3 Å². The minimum Gasteiger partial charge on any atom is -0.492 e. The van der Waals surface area contributed by atoms with E-state index in [1.54, 1.807) is 48.5 Å². The maximum Gasteiger partial charge on any atom is 0.279 e. The van der Waals surface area contributed by atoms with Gasteiger partial charge in [-0.2, -0.15) is 4.98 Å². The van der Waals surface area contributed by atoms with Gasteiger partial charge in [0, 0.05) is 10.2 Å². The Morgan fingerprint density at radius 3 is 2.64 bits per heavy atom. The van der Waals surface area contributed by atoms with E-state index in [2.05, 4.69) is 14.7 Å². The Bertz CT molecular complexity index is 1320. The highest BCUT2D eigenvalue weighted by Gasteiger charge is 2.26. The van der Waals surface area contributed by atoms with E-state index >= 15 is 0 Å². The molecule has 2 N–H and O–H groups in total. The van der Waals surface area contributed by atoms with Gasteiger partial charge in [0.05, 0.1) is 16.7 Å². The summed E-state index contributed by atoms with van der Waals surface area (Å²) >= 11 is 6.86. The number of aromatic nitrogens is 1. The van der Waals surface area contributed by atoms with Crippen molar-refractivity contribution in [3.8, 4) is 5.88 Å². The number of hydrogen-bond donors (Lipinski definition) is 2. The average Bonchev–Trinajstić information content (AvgIpc) is 3.12. The van der Waals surface area contributed by atoms with Gasteiger partial charge in [-0.15, -0.1) is 0 Å². The number of thiazole rings is 1. The Morgan fingerprint density at radius 2 is 1.89 bits per heavy atom. The quantitative estimate of drug-likeness (QED) is 0.637. The van der Waals surface area contributed by atoms with Gasteiger partial charge in [-0.3, -0.25) is 9.52 Å². The largest absolute Gasteiger partial charge is 0.492 e. The van der Waals surface area contributed by atoms with Crippen LogP contribution in [-0.4, -0.2) is 24.4 Å². The summed E-state index contributed by atoms with van der Waals surface area (Å²) in [4.78, 5) is 20.2. The first kappa shape index (κ1) is 18.6. The number of amides is 1. The van der Waals surface area contributed by atoms with Crippen molar-refractivity contribution < 1.29 is 18.3 Å². The molecule has 7 nitrogen and oxygen atoms in total. The van der Waals surface area contributed by atoms with Crippen LogP contribution in [0.5, 0.6) is 5.88 Å². The third kappa shape index (κ3) is 3.64. The van der Waals surface area contributed by atoms with Gasteiger partial charge in [0.1, 0.15) is 4.88 Å². The molecule has 1 aliphatic rings. The minimum absolute atomic E-state index is 0.0424. The summed E-state index contributed by atoms with van der Waals surface area (Å²) in [5.74, 6) is -1.24. The van der Waals surface area contributed by atoms with Crippen LogP contribution < -0.4 is 15.3 Å². The van der Waals surface area contributed by atoms with Crippen LogP contribution in [-0.2, 0) is 20.6 Å². The molecule has 0 bridgehead atoms. The SMILES string of the molecule is O=C1N=c2ccc(Cl)cc2=C1c1sc(NS(=O)(=O)Cc2ccccc2)nc1O. The second-order valence-corrected chi connectivity index (χ2v) is 9.13. The van der Waals surface area contributed by atoms with Crippen LogP contribution in [0.3, 0.4) is 0 Å². The van der Waals surface area contributed by atoms with Crippen LogP contribution in [0.25, 0.3) is 5.57 Å². The van der Waals surface area contributed by atoms with Crippen molar-refractivity contribution in [2.45, 2.75) is 5.75 Å². The van der Waals surface area contributed by atoms with Gasteiger partial charge in [0.2, 0.25) is 21.0 Å². The molecule has 2 heterocycles. The van der Waals surface area contributed by atoms with Crippen LogP contribution in [0.15, 0.2) is 53.5 Å². The number of benzene rings is 2. The number of fused-ring (bicyclic) bond motifs is 1. The van der Waals surface area contributed by atoms with E-state index < -0.39 is 21.8 Å². The number of halogens is 1. The maximum absolute atomic E-state index is 12.4. The number of sulfonamides is 1. The lowest BCUT2D eigenvalue weighted by molar-refractivity contribution is -0.112. The summed E-state index contributed by atoms with van der Waals surface area (Å²) < 4.78 is 27.1. The topological polar surface area (TPSA) is 109 Å². The second kappa shape index (κ2) is 7.01. The van der Waals surface area contributed by atoms with E-state index in [1.807, 2.05) is 0 Å². The summed E-state index contributed by atoms with van der Waals surface area (Å²) in [5, 5.41) is 11.5. The van der Waals surface area contributed by atoms with E-state index in [-0.39, 0.29) is 21.3 Å². The molecule has 0 radical (unpaired) electrons. The molecule has 1 amide bonds. The zero-order chi connectivity index (χ0) is 19.9. The Labute approximate surface area is 168 Å². The lowest BCUT2D eigenvalue weighted by Gasteiger charge is -2.04. The second-order valence-electron chi connectivity index (χ2n) is 5.97. The van der Waals surface area contributed by atoms with Gasteiger partial charge in [-0.25, -0.2) is 13.4 Å². The zero-order valence-electron chi connectivity index (χ0n) is 14.1. The van der Waals surface area contributed by atoms with Crippen LogP contribution in [0.2, 0.25) is 5.02 Å². The maximum atomic E-state index is 12.4. The van der Waals surface area contributed by atoms with E-state index in [0.29, 0.717) is 21.2 Å². The molecule has 0 spiro atoms. The highest BCUT2D eigenvalue weighted by Crippen LogP contribution is 2.34. The number of aromatic hydroxyl groups is 1. The van der Waals surface area contributed by atoms with Crippen molar-refractivity contribution in [1.82, 2.24) is 4.98 Å². The molecule has 2 aromatic carbocycles. The number of carbonyl (C=O) groups is 1. The molecule has 3 aromatic rings. The van der Waals surface area contributed by atoms with Gasteiger partial charge in [0.15, 0.2) is 0 Å². The van der Waals surface area contributed by atoms with Crippen LogP contribution in [0.4, 0.5) is 5.13 Å². The molecule has 28 heavy (non-hydrogen) atoms. The average molecular weight is 434 g/mol. The van der Waals surface area contributed by atoms with Gasteiger partial charge < -0.3 is 5.11 Å². The molecule has 1 aromatic heterocycles. The molecule has 0 unspecified atom stereocenters. The predicted molar refractivity (Wildman–Crippen MR) is 106 cm³/mol. The van der Waals surface area contributed by atoms with Crippen LogP contribution in [0, 0.1) is 0 Å². The highest BCUT2D eigenvalue weighted by molar-refractivity contribution is 7.92. The Morgan fingerprint density at radius 1 is 1.14 bits per heavy atom. The molecule has 4 rings (SSSR count). The molecular formula is C18H12ClN3O4S2. The fraction of sp³-hybridized carbons (Fsp3) is 0.0556. The first-order chi connectivity index (χ1) is 13.3. The number of hydrogen-bond acceptors (Lipinski definition) is 6. The molecule has 142 valence electrons. The summed E-state index contributed by atoms with van der Waals surface area (Å²) in [6.07, 6.45) is 0. The first-order valence-electron chi connectivity index (χ1n) is 8.00. The lowest BCUT2D eigenvalue weighted by Crippen LogP contribution is -2.22. The fourth-order valence-corrected chi connectivity index (χ4v) is 5.28. The minimum atomic E-state index is -3.75. The van der Waals surface area contributed by atoms with Crippen molar-refractivity contribution in [1.29, 1.82) is 0 Å². The summed E-state index contributed by atoms with van der Waals surface area (Å²) in [5.41, 5.74) is 0.750. The van der Waals surface area contributed by atoms with Crippen LogP contribution in [0.1, 0.15) is 10.4 Å². The highest BCUT2D eigenvalue weighted by atomic mass is 35.5. The van der Waals surface area contributed by atoms with Crippen molar-refractivity contribution in [3.63, 3.8) is 0 Å². The molecule has 0 atom stereocenters. The van der Waals surface area contributed by atoms with E-state index in [9.17, 15) is 18.3 Å². The summed E-state index contributed by atoms with van der Waals surface area (Å²) in [6.45, 7) is 0. The summed E-state index contributed by atoms with van der Waals surface area (Å²) in [7, 11) is -3.75. The number of nitrogens with one attached hydrogen (secondary N) is 1. The Balaban J connectivity index is 1.69. The number of rotatable bonds is 5. The monoisotopic (exact) mass is 433 g/mol. The van der Waals surface area contributed by atoms with Gasteiger partial charge in [0.25, 0.3) is 5.91 Å². The van der Waals surface area contributed by atoms with Crippen molar-refractivity contribution in [2.75, 3.05) is 4.72 Å².